The first-order valence-electron chi connectivity index (χ1n) is 8.54. The van der Waals surface area contributed by atoms with Crippen molar-refractivity contribution < 1.29 is 9.90 Å². The van der Waals surface area contributed by atoms with Crippen LogP contribution in [0.3, 0.4) is 0 Å². The van der Waals surface area contributed by atoms with E-state index in [4.69, 9.17) is 4.98 Å². The van der Waals surface area contributed by atoms with Crippen LogP contribution in [0.1, 0.15) is 19.0 Å². The van der Waals surface area contributed by atoms with Crippen molar-refractivity contribution in [1.29, 1.82) is 0 Å². The fraction of sp³-hybridized carbons (Fsp3) is 0.300. The number of carboxylic acid groups (broad SMARTS) is 1. The molecule has 3 aromatic rings. The quantitative estimate of drug-likeness (QED) is 0.795. The summed E-state index contributed by atoms with van der Waals surface area (Å²) in [6.07, 6.45) is 2.70. The molecule has 1 aromatic carbocycles. The van der Waals surface area contributed by atoms with E-state index in [9.17, 15) is 9.90 Å². The number of fused-ring (bicyclic) bond motifs is 1. The molecule has 0 saturated carbocycles. The van der Waals surface area contributed by atoms with Crippen LogP contribution in [0, 0.1) is 5.41 Å². The van der Waals surface area contributed by atoms with Crippen molar-refractivity contribution >= 4 is 11.6 Å². The summed E-state index contributed by atoms with van der Waals surface area (Å²) in [5.74, 6) is -0.712. The summed E-state index contributed by atoms with van der Waals surface area (Å²) in [6.45, 7) is 3.88. The number of aliphatic carboxylic acids is 1. The van der Waals surface area contributed by atoms with Crippen LogP contribution in [0.2, 0.25) is 0 Å². The largest absolute Gasteiger partial charge is 0.481 e. The van der Waals surface area contributed by atoms with Crippen molar-refractivity contribution in [2.24, 2.45) is 5.41 Å². The summed E-state index contributed by atoms with van der Waals surface area (Å²) in [7, 11) is 0. The van der Waals surface area contributed by atoms with Crippen LogP contribution in [0.5, 0.6) is 0 Å². The second-order valence-corrected chi connectivity index (χ2v) is 7.03. The normalized spacial score (nSPS) is 21.0. The smallest absolute Gasteiger partial charge is 0.310 e. The number of carboxylic acids is 1. The number of hydrogen-bond acceptors (Lipinski definition) is 3. The number of hydrogen-bond donors (Lipinski definition) is 1. The highest BCUT2D eigenvalue weighted by Gasteiger charge is 2.40. The zero-order valence-electron chi connectivity index (χ0n) is 14.2. The first kappa shape index (κ1) is 15.8. The lowest BCUT2D eigenvalue weighted by Gasteiger charge is -2.20. The van der Waals surface area contributed by atoms with Crippen LogP contribution >= 0.6 is 0 Å². The average molecular weight is 335 g/mol. The van der Waals surface area contributed by atoms with Crippen molar-refractivity contribution in [3.63, 3.8) is 0 Å². The number of benzene rings is 1. The molecule has 1 aliphatic heterocycles. The first-order chi connectivity index (χ1) is 12.1. The summed E-state index contributed by atoms with van der Waals surface area (Å²) < 4.78 is 2.11. The van der Waals surface area contributed by atoms with Crippen molar-refractivity contribution in [2.75, 3.05) is 13.1 Å². The number of pyridine rings is 1. The van der Waals surface area contributed by atoms with E-state index in [-0.39, 0.29) is 0 Å². The number of carbonyl (C=O) groups is 1. The highest BCUT2D eigenvalue weighted by Crippen LogP contribution is 2.33. The van der Waals surface area contributed by atoms with Gasteiger partial charge in [-0.3, -0.25) is 9.69 Å². The van der Waals surface area contributed by atoms with Gasteiger partial charge in [-0.2, -0.15) is 0 Å². The maximum absolute atomic E-state index is 11.5. The Balaban J connectivity index is 1.73. The number of nitrogens with zero attached hydrogens (tertiary/aromatic N) is 3. The van der Waals surface area contributed by atoms with Crippen molar-refractivity contribution in [3.8, 4) is 11.3 Å². The molecule has 5 nitrogen and oxygen atoms in total. The van der Waals surface area contributed by atoms with Gasteiger partial charge < -0.3 is 9.51 Å². The van der Waals surface area contributed by atoms with Gasteiger partial charge in [0.15, 0.2) is 0 Å². The molecule has 1 N–H and O–H groups in total. The fourth-order valence-electron chi connectivity index (χ4n) is 3.60. The standard InChI is InChI=1S/C20H21N3O2/c1-20(19(24)25)10-12-22(14-20)13-16-18(15-7-3-2-4-8-15)21-17-9-5-6-11-23(16)17/h2-9,11H,10,12-14H2,1H3,(H,24,25). The monoisotopic (exact) mass is 335 g/mol. The predicted molar refractivity (Wildman–Crippen MR) is 96.3 cm³/mol. The molecule has 1 saturated heterocycles. The molecular formula is C20H21N3O2. The minimum Gasteiger partial charge on any atom is -0.481 e. The SMILES string of the molecule is CC1(C(=O)O)CCN(Cc2c(-c3ccccc3)nc3ccccn23)C1. The highest BCUT2D eigenvalue weighted by atomic mass is 16.4. The Morgan fingerprint density at radius 1 is 1.20 bits per heavy atom. The Kier molecular flexibility index (Phi) is 3.81. The number of rotatable bonds is 4. The zero-order chi connectivity index (χ0) is 17.4. The molecule has 128 valence electrons. The van der Waals surface area contributed by atoms with Gasteiger partial charge in [-0.1, -0.05) is 36.4 Å². The van der Waals surface area contributed by atoms with E-state index in [0.29, 0.717) is 19.5 Å². The molecule has 1 atom stereocenters. The number of aromatic nitrogens is 2. The van der Waals surface area contributed by atoms with Crippen LogP contribution in [0.25, 0.3) is 16.9 Å². The van der Waals surface area contributed by atoms with Gasteiger partial charge in [-0.15, -0.1) is 0 Å². The minimum absolute atomic E-state index is 0.566. The van der Waals surface area contributed by atoms with Crippen LogP contribution in [-0.4, -0.2) is 38.4 Å². The van der Waals surface area contributed by atoms with Gasteiger partial charge in [-0.25, -0.2) is 4.98 Å². The third kappa shape index (κ3) is 2.81. The van der Waals surface area contributed by atoms with Gasteiger partial charge in [0.05, 0.1) is 16.8 Å². The Morgan fingerprint density at radius 3 is 2.68 bits per heavy atom. The molecule has 25 heavy (non-hydrogen) atoms. The van der Waals surface area contributed by atoms with Crippen molar-refractivity contribution in [3.05, 3.63) is 60.4 Å². The van der Waals surface area contributed by atoms with E-state index >= 15 is 0 Å². The lowest BCUT2D eigenvalue weighted by Crippen LogP contribution is -2.31. The zero-order valence-corrected chi connectivity index (χ0v) is 14.2. The van der Waals surface area contributed by atoms with Crippen molar-refractivity contribution in [1.82, 2.24) is 14.3 Å². The molecule has 0 spiro atoms. The maximum Gasteiger partial charge on any atom is 0.310 e. The third-order valence-corrected chi connectivity index (χ3v) is 5.12. The Labute approximate surface area is 146 Å². The van der Waals surface area contributed by atoms with E-state index < -0.39 is 11.4 Å². The van der Waals surface area contributed by atoms with Gasteiger partial charge in [-0.05, 0) is 32.0 Å². The summed E-state index contributed by atoms with van der Waals surface area (Å²) in [6, 6.07) is 16.1. The molecule has 1 unspecified atom stereocenters. The molecule has 0 bridgehead atoms. The van der Waals surface area contributed by atoms with E-state index in [1.54, 1.807) is 0 Å². The molecular weight excluding hydrogens is 314 g/mol. The van der Waals surface area contributed by atoms with E-state index in [1.807, 2.05) is 49.5 Å². The molecule has 4 rings (SSSR count). The first-order valence-corrected chi connectivity index (χ1v) is 8.54. The van der Waals surface area contributed by atoms with Gasteiger partial charge in [0.25, 0.3) is 0 Å². The second kappa shape index (κ2) is 6.01. The maximum atomic E-state index is 11.5. The molecule has 2 aromatic heterocycles. The molecule has 5 heteroatoms. The average Bonchev–Trinajstić information content (AvgIpc) is 3.18. The van der Waals surface area contributed by atoms with E-state index in [1.165, 1.54) is 0 Å². The third-order valence-electron chi connectivity index (χ3n) is 5.12. The van der Waals surface area contributed by atoms with Crippen LogP contribution in [0.4, 0.5) is 0 Å². The Morgan fingerprint density at radius 2 is 1.96 bits per heavy atom. The van der Waals surface area contributed by atoms with E-state index in [2.05, 4.69) is 21.4 Å². The molecule has 1 aliphatic rings. The molecule has 0 aliphatic carbocycles. The van der Waals surface area contributed by atoms with Gasteiger partial charge in [0, 0.05) is 24.8 Å². The van der Waals surface area contributed by atoms with Crippen LogP contribution in [-0.2, 0) is 11.3 Å². The molecule has 0 amide bonds. The summed E-state index contributed by atoms with van der Waals surface area (Å²) in [5, 5.41) is 9.48. The summed E-state index contributed by atoms with van der Waals surface area (Å²) in [5.41, 5.74) is 3.41. The van der Waals surface area contributed by atoms with E-state index in [0.717, 1.165) is 29.1 Å². The van der Waals surface area contributed by atoms with Gasteiger partial charge in [0.1, 0.15) is 5.65 Å². The Bertz CT molecular complexity index is 919. The second-order valence-electron chi connectivity index (χ2n) is 7.03. The van der Waals surface area contributed by atoms with Gasteiger partial charge in [0.2, 0.25) is 0 Å². The lowest BCUT2D eigenvalue weighted by atomic mass is 9.90. The predicted octanol–water partition coefficient (Wildman–Crippen LogP) is 3.30. The minimum atomic E-state index is -0.712. The topological polar surface area (TPSA) is 57.8 Å². The van der Waals surface area contributed by atoms with Crippen molar-refractivity contribution in [2.45, 2.75) is 19.9 Å². The summed E-state index contributed by atoms with van der Waals surface area (Å²) >= 11 is 0. The molecule has 1 fully saturated rings. The molecule has 3 heterocycles. The highest BCUT2D eigenvalue weighted by molar-refractivity contribution is 5.75. The summed E-state index contributed by atoms with van der Waals surface area (Å²) in [4.78, 5) is 18.6. The van der Waals surface area contributed by atoms with Crippen LogP contribution in [0.15, 0.2) is 54.7 Å². The number of imidazole rings is 1. The van der Waals surface area contributed by atoms with Gasteiger partial charge >= 0.3 is 5.97 Å². The molecule has 0 radical (unpaired) electrons. The number of likely N-dealkylation sites (tertiary alicyclic amines) is 1. The van der Waals surface area contributed by atoms with Crippen LogP contribution < -0.4 is 0 Å². The Hall–Kier alpha value is -2.66. The fourth-order valence-corrected chi connectivity index (χ4v) is 3.60. The lowest BCUT2D eigenvalue weighted by molar-refractivity contribution is -0.147.